The van der Waals surface area contributed by atoms with Crippen LogP contribution in [-0.2, 0) is 0 Å². The van der Waals surface area contributed by atoms with Crippen LogP contribution in [0.15, 0.2) is 47.5 Å². The van der Waals surface area contributed by atoms with E-state index in [1.165, 1.54) is 38.5 Å². The first kappa shape index (κ1) is 20.1. The molecule has 34 heavy (non-hydrogen) atoms. The van der Waals surface area contributed by atoms with E-state index in [1.807, 2.05) is 6.07 Å². The molecule has 1 N–H and O–H groups in total. The molecule has 0 bridgehead atoms. The maximum Gasteiger partial charge on any atom is 0.216 e. The highest BCUT2D eigenvalue weighted by atomic mass is 16.6. The number of para-hydroxylation sites is 2. The Kier molecular flexibility index (Phi) is 4.86. The van der Waals surface area contributed by atoms with E-state index in [-0.39, 0.29) is 6.17 Å². The van der Waals surface area contributed by atoms with Crippen molar-refractivity contribution in [2.75, 3.05) is 31.5 Å². The van der Waals surface area contributed by atoms with Crippen LogP contribution in [0.1, 0.15) is 50.3 Å². The number of fused-ring (bicyclic) bond motifs is 6. The monoisotopic (exact) mass is 458 g/mol. The predicted octanol–water partition coefficient (Wildman–Crippen LogP) is 4.07. The predicted molar refractivity (Wildman–Crippen MR) is 131 cm³/mol. The van der Waals surface area contributed by atoms with Crippen LogP contribution < -0.4 is 19.7 Å². The zero-order chi connectivity index (χ0) is 22.5. The lowest BCUT2D eigenvalue weighted by Crippen LogP contribution is -2.59. The molecule has 0 spiro atoms. The first-order valence-electron chi connectivity index (χ1n) is 12.5. The highest BCUT2D eigenvalue weighted by molar-refractivity contribution is 5.98. The van der Waals surface area contributed by atoms with Crippen molar-refractivity contribution in [3.05, 3.63) is 48.0 Å². The largest absolute Gasteiger partial charge is 0.486 e. The lowest BCUT2D eigenvalue weighted by atomic mass is 10.1. The molecule has 0 amide bonds. The first-order valence-corrected chi connectivity index (χ1v) is 12.5. The molecule has 1 atom stereocenters. The van der Waals surface area contributed by atoms with Crippen molar-refractivity contribution in [1.82, 2.24) is 19.8 Å². The quantitative estimate of drug-likeness (QED) is 0.584. The fraction of sp³-hybridized carbons (Fsp3) is 0.462. The van der Waals surface area contributed by atoms with Crippen LogP contribution >= 0.6 is 0 Å². The minimum Gasteiger partial charge on any atom is -0.486 e. The van der Waals surface area contributed by atoms with Crippen molar-refractivity contribution in [2.24, 2.45) is 4.99 Å². The summed E-state index contributed by atoms with van der Waals surface area (Å²) in [6.07, 6.45) is 7.76. The molecule has 1 aromatic heterocycles. The van der Waals surface area contributed by atoms with E-state index in [4.69, 9.17) is 19.5 Å². The van der Waals surface area contributed by atoms with Crippen molar-refractivity contribution in [1.29, 1.82) is 0 Å². The number of hydrogen-bond donors (Lipinski definition) is 1. The summed E-state index contributed by atoms with van der Waals surface area (Å²) in [5.41, 5.74) is 3.20. The van der Waals surface area contributed by atoms with Gasteiger partial charge in [-0.1, -0.05) is 43.9 Å². The minimum atomic E-state index is -0.127. The van der Waals surface area contributed by atoms with Gasteiger partial charge in [0.1, 0.15) is 19.4 Å². The molecule has 1 saturated carbocycles. The maximum absolute atomic E-state index is 5.88. The van der Waals surface area contributed by atoms with Crippen molar-refractivity contribution >= 4 is 22.9 Å². The molecular formula is C26H30N6O2. The summed E-state index contributed by atoms with van der Waals surface area (Å²) in [7, 11) is 0. The number of nitrogens with one attached hydrogen (secondary N) is 1. The van der Waals surface area contributed by atoms with Crippen molar-refractivity contribution in [2.45, 2.75) is 50.7 Å². The minimum absolute atomic E-state index is 0.127. The highest BCUT2D eigenvalue weighted by Crippen LogP contribution is 2.38. The van der Waals surface area contributed by atoms with Gasteiger partial charge in [0.25, 0.3) is 0 Å². The Morgan fingerprint density at radius 2 is 1.74 bits per heavy atom. The van der Waals surface area contributed by atoms with Gasteiger partial charge in [0.2, 0.25) is 11.9 Å². The number of imidazole rings is 1. The molecular weight excluding hydrogens is 428 g/mol. The molecule has 8 heteroatoms. The summed E-state index contributed by atoms with van der Waals surface area (Å²) >= 11 is 0. The van der Waals surface area contributed by atoms with Gasteiger partial charge in [0.05, 0.1) is 24.4 Å². The summed E-state index contributed by atoms with van der Waals surface area (Å²) in [6, 6.07) is 15.2. The Hall–Kier alpha value is -3.26. The van der Waals surface area contributed by atoms with Gasteiger partial charge in [-0.15, -0.1) is 0 Å². The molecule has 176 valence electrons. The SMILES string of the molecule is c1ccc2c(c1)nc1n2C(c2ccc3c(c2)OCCO3)NC2=NCN(C3CCCCCC3)CN21. The molecule has 0 radical (unpaired) electrons. The fourth-order valence-corrected chi connectivity index (χ4v) is 5.80. The van der Waals surface area contributed by atoms with Crippen LogP contribution in [0, 0.1) is 0 Å². The number of aliphatic imine (C=N–C) groups is 1. The average Bonchev–Trinajstić information content (AvgIpc) is 3.07. The fourth-order valence-electron chi connectivity index (χ4n) is 5.80. The van der Waals surface area contributed by atoms with Crippen LogP contribution in [0.25, 0.3) is 11.0 Å². The number of guanidine groups is 1. The van der Waals surface area contributed by atoms with Crippen LogP contribution in [0.4, 0.5) is 5.95 Å². The third-order valence-corrected chi connectivity index (χ3v) is 7.55. The van der Waals surface area contributed by atoms with Crippen molar-refractivity contribution in [3.63, 3.8) is 0 Å². The number of rotatable bonds is 2. The van der Waals surface area contributed by atoms with E-state index in [2.05, 4.69) is 56.1 Å². The molecule has 4 aliphatic rings. The molecule has 1 unspecified atom stereocenters. The van der Waals surface area contributed by atoms with Crippen LogP contribution in [0.3, 0.4) is 0 Å². The third-order valence-electron chi connectivity index (χ3n) is 7.55. The Morgan fingerprint density at radius 3 is 2.62 bits per heavy atom. The number of hydrogen-bond acceptors (Lipinski definition) is 7. The van der Waals surface area contributed by atoms with E-state index < -0.39 is 0 Å². The molecule has 0 saturated heterocycles. The Labute approximate surface area is 199 Å². The van der Waals surface area contributed by atoms with E-state index >= 15 is 0 Å². The average molecular weight is 459 g/mol. The molecule has 3 aliphatic heterocycles. The maximum atomic E-state index is 5.88. The lowest BCUT2D eigenvalue weighted by Gasteiger charge is -2.43. The number of anilines is 1. The summed E-state index contributed by atoms with van der Waals surface area (Å²) < 4.78 is 13.9. The molecule has 1 fully saturated rings. The van der Waals surface area contributed by atoms with Crippen LogP contribution in [0.5, 0.6) is 11.5 Å². The molecule has 4 heterocycles. The summed E-state index contributed by atoms with van der Waals surface area (Å²) in [5.74, 6) is 3.44. The van der Waals surface area contributed by atoms with E-state index in [0.29, 0.717) is 19.3 Å². The topological polar surface area (TPSA) is 67.2 Å². The van der Waals surface area contributed by atoms with Gasteiger partial charge in [-0.2, -0.15) is 0 Å². The van der Waals surface area contributed by atoms with Crippen molar-refractivity contribution < 1.29 is 9.47 Å². The van der Waals surface area contributed by atoms with E-state index in [1.54, 1.807) is 0 Å². The van der Waals surface area contributed by atoms with Gasteiger partial charge < -0.3 is 14.8 Å². The van der Waals surface area contributed by atoms with Gasteiger partial charge in [-0.05, 0) is 42.7 Å². The normalized spacial score (nSPS) is 23.0. The molecule has 2 aromatic carbocycles. The Morgan fingerprint density at radius 1 is 0.912 bits per heavy atom. The Bertz CT molecular complexity index is 1250. The zero-order valence-corrected chi connectivity index (χ0v) is 19.3. The van der Waals surface area contributed by atoms with Crippen LogP contribution in [-0.4, -0.2) is 53.0 Å². The summed E-state index contributed by atoms with van der Waals surface area (Å²) in [4.78, 5) is 14.9. The highest BCUT2D eigenvalue weighted by Gasteiger charge is 2.37. The summed E-state index contributed by atoms with van der Waals surface area (Å²) in [5, 5.41) is 3.72. The van der Waals surface area contributed by atoms with E-state index in [0.717, 1.165) is 53.3 Å². The number of nitrogens with zero attached hydrogens (tertiary/aromatic N) is 5. The zero-order valence-electron chi connectivity index (χ0n) is 19.3. The number of benzene rings is 2. The van der Waals surface area contributed by atoms with Crippen LogP contribution in [0.2, 0.25) is 0 Å². The third kappa shape index (κ3) is 3.31. The van der Waals surface area contributed by atoms with Crippen molar-refractivity contribution in [3.8, 4) is 11.5 Å². The second-order valence-electron chi connectivity index (χ2n) is 9.65. The molecule has 7 rings (SSSR count). The van der Waals surface area contributed by atoms with E-state index in [9.17, 15) is 0 Å². The summed E-state index contributed by atoms with van der Waals surface area (Å²) in [6.45, 7) is 2.71. The van der Waals surface area contributed by atoms with Gasteiger partial charge >= 0.3 is 0 Å². The second kappa shape index (κ2) is 8.20. The molecule has 3 aromatic rings. The molecule has 8 nitrogen and oxygen atoms in total. The van der Waals surface area contributed by atoms with Gasteiger partial charge in [-0.25, -0.2) is 9.98 Å². The number of ether oxygens (including phenoxy) is 2. The Balaban J connectivity index is 1.30. The van der Waals surface area contributed by atoms with Gasteiger partial charge in [0.15, 0.2) is 11.5 Å². The second-order valence-corrected chi connectivity index (χ2v) is 9.65. The van der Waals surface area contributed by atoms with Gasteiger partial charge in [-0.3, -0.25) is 14.4 Å². The number of aromatic nitrogens is 2. The molecule has 1 aliphatic carbocycles. The van der Waals surface area contributed by atoms with Gasteiger partial charge in [0, 0.05) is 6.04 Å². The smallest absolute Gasteiger partial charge is 0.216 e. The standard InChI is InChI=1S/C26H30N6O2/c1-2-4-8-19(7-3-1)30-16-27-25-29-24(18-11-12-22-23(15-18)34-14-13-33-22)32-21-10-6-5-9-20(21)28-26(32)31(25)17-30/h5-6,9-12,15,19,24H,1-4,7-8,13-14,16-17H2,(H,27,29). The first-order chi connectivity index (χ1) is 16.8. The lowest BCUT2D eigenvalue weighted by molar-refractivity contribution is 0.171.